The summed E-state index contributed by atoms with van der Waals surface area (Å²) >= 11 is 7.12. The molecule has 0 saturated heterocycles. The normalized spacial score (nSPS) is 11.7. The molecule has 0 aliphatic carbocycles. The monoisotopic (exact) mass is 430 g/mol. The molecule has 1 heterocycles. The molecule has 0 saturated carbocycles. The summed E-state index contributed by atoms with van der Waals surface area (Å²) in [7, 11) is 0. The molecule has 10 heteroatoms. The molecule has 2 N–H and O–H groups in total. The van der Waals surface area contributed by atoms with Crippen LogP contribution in [0, 0.1) is 0 Å². The third-order valence-electron chi connectivity index (χ3n) is 3.88. The fourth-order valence-corrected chi connectivity index (χ4v) is 3.44. The highest BCUT2D eigenvalue weighted by atomic mass is 35.5. The number of hydrogen-bond acceptors (Lipinski definition) is 6. The molecule has 0 radical (unpaired) electrons. The van der Waals surface area contributed by atoms with E-state index >= 15 is 0 Å². The Morgan fingerprint density at radius 2 is 1.97 bits per heavy atom. The number of thioether (sulfide) groups is 1. The fourth-order valence-electron chi connectivity index (χ4n) is 2.48. The average molecular weight is 431 g/mol. The van der Waals surface area contributed by atoms with Crippen molar-refractivity contribution in [3.8, 4) is 5.69 Å². The lowest BCUT2D eigenvalue weighted by atomic mass is 10.2. The number of halogens is 1. The van der Waals surface area contributed by atoms with Crippen molar-refractivity contribution < 1.29 is 9.59 Å². The number of amides is 2. The van der Waals surface area contributed by atoms with Gasteiger partial charge in [0.15, 0.2) is 0 Å². The minimum Gasteiger partial charge on any atom is -0.351 e. The van der Waals surface area contributed by atoms with Gasteiger partial charge in [0.25, 0.3) is 0 Å². The maximum Gasteiger partial charge on any atom is 0.233 e. The van der Waals surface area contributed by atoms with Gasteiger partial charge in [-0.1, -0.05) is 41.6 Å². The van der Waals surface area contributed by atoms with Crippen molar-refractivity contribution >= 4 is 40.9 Å². The summed E-state index contributed by atoms with van der Waals surface area (Å²) < 4.78 is 1.53. The summed E-state index contributed by atoms with van der Waals surface area (Å²) in [5.74, 6) is -0.300. The molecule has 3 aromatic rings. The van der Waals surface area contributed by atoms with E-state index in [9.17, 15) is 9.59 Å². The Balaban J connectivity index is 1.65. The third kappa shape index (κ3) is 5.78. The summed E-state index contributed by atoms with van der Waals surface area (Å²) in [6.45, 7) is 3.63. The summed E-state index contributed by atoms with van der Waals surface area (Å²) in [4.78, 5) is 23.7. The highest BCUT2D eigenvalue weighted by molar-refractivity contribution is 8.00. The molecule has 2 aromatic carbocycles. The van der Waals surface area contributed by atoms with E-state index in [-0.39, 0.29) is 11.8 Å². The number of tetrazole rings is 1. The SMILES string of the molecule is CC(=O)Nc1cccc(-n2nnnc2SC(C)C(=O)NCc2ccc(Cl)cc2)c1. The second-order valence-corrected chi connectivity index (χ2v) is 7.95. The first kappa shape index (κ1) is 20.8. The summed E-state index contributed by atoms with van der Waals surface area (Å²) in [6, 6.07) is 14.4. The number of anilines is 1. The van der Waals surface area contributed by atoms with Gasteiger partial charge in [-0.05, 0) is 53.2 Å². The Labute approximate surface area is 177 Å². The molecule has 8 nitrogen and oxygen atoms in total. The van der Waals surface area contributed by atoms with Crippen molar-refractivity contribution in [1.82, 2.24) is 25.5 Å². The average Bonchev–Trinajstić information content (AvgIpc) is 3.15. The van der Waals surface area contributed by atoms with Crippen LogP contribution in [0.2, 0.25) is 5.02 Å². The van der Waals surface area contributed by atoms with E-state index in [1.165, 1.54) is 23.4 Å². The van der Waals surface area contributed by atoms with Crippen LogP contribution in [0.5, 0.6) is 0 Å². The number of carbonyl (C=O) groups is 2. The number of aromatic nitrogens is 4. The van der Waals surface area contributed by atoms with Crippen LogP contribution in [0.1, 0.15) is 19.4 Å². The van der Waals surface area contributed by atoms with Gasteiger partial charge in [0.1, 0.15) is 0 Å². The number of rotatable bonds is 7. The predicted octanol–water partition coefficient (Wildman–Crippen LogP) is 3.07. The maximum absolute atomic E-state index is 12.4. The van der Waals surface area contributed by atoms with Crippen molar-refractivity contribution in [3.63, 3.8) is 0 Å². The van der Waals surface area contributed by atoms with E-state index in [4.69, 9.17) is 11.6 Å². The van der Waals surface area contributed by atoms with E-state index in [1.54, 1.807) is 37.3 Å². The van der Waals surface area contributed by atoms with Gasteiger partial charge in [-0.2, -0.15) is 4.68 Å². The molecule has 3 rings (SSSR count). The van der Waals surface area contributed by atoms with Crippen LogP contribution in [0.4, 0.5) is 5.69 Å². The molecular weight excluding hydrogens is 412 g/mol. The van der Waals surface area contributed by atoms with Gasteiger partial charge in [-0.3, -0.25) is 9.59 Å². The van der Waals surface area contributed by atoms with Crippen LogP contribution in [-0.2, 0) is 16.1 Å². The first-order chi connectivity index (χ1) is 13.9. The molecule has 29 heavy (non-hydrogen) atoms. The molecule has 0 aliphatic rings. The predicted molar refractivity (Wildman–Crippen MR) is 112 cm³/mol. The largest absolute Gasteiger partial charge is 0.351 e. The van der Waals surface area contributed by atoms with Gasteiger partial charge in [-0.25, -0.2) is 0 Å². The second-order valence-electron chi connectivity index (χ2n) is 6.21. The quantitative estimate of drug-likeness (QED) is 0.558. The number of nitrogens with zero attached hydrogens (tertiary/aromatic N) is 4. The van der Waals surface area contributed by atoms with E-state index in [1.807, 2.05) is 18.2 Å². The molecule has 1 atom stereocenters. The van der Waals surface area contributed by atoms with Crippen LogP contribution in [-0.4, -0.2) is 37.3 Å². The number of hydrogen-bond donors (Lipinski definition) is 2. The Morgan fingerprint density at radius 1 is 1.21 bits per heavy atom. The van der Waals surface area contributed by atoms with E-state index in [2.05, 4.69) is 26.2 Å². The first-order valence-electron chi connectivity index (χ1n) is 8.77. The smallest absolute Gasteiger partial charge is 0.233 e. The Kier molecular flexibility index (Phi) is 6.84. The van der Waals surface area contributed by atoms with Crippen molar-refractivity contribution in [2.75, 3.05) is 5.32 Å². The molecule has 0 spiro atoms. The zero-order valence-electron chi connectivity index (χ0n) is 15.8. The van der Waals surface area contributed by atoms with Gasteiger partial charge >= 0.3 is 0 Å². The second kappa shape index (κ2) is 9.53. The summed E-state index contributed by atoms with van der Waals surface area (Å²) in [5, 5.41) is 18.1. The lowest BCUT2D eigenvalue weighted by Gasteiger charge is -2.12. The van der Waals surface area contributed by atoms with Crippen molar-refractivity contribution in [3.05, 3.63) is 59.1 Å². The van der Waals surface area contributed by atoms with Gasteiger partial charge in [-0.15, -0.1) is 5.10 Å². The standard InChI is InChI=1S/C19H19ClN6O2S/c1-12(18(28)21-11-14-6-8-15(20)9-7-14)29-19-23-24-25-26(19)17-5-3-4-16(10-17)22-13(2)27/h3-10,12H,11H2,1-2H3,(H,21,28)(H,22,27). The highest BCUT2D eigenvalue weighted by Crippen LogP contribution is 2.24. The van der Waals surface area contributed by atoms with Crippen molar-refractivity contribution in [2.45, 2.75) is 30.8 Å². The van der Waals surface area contributed by atoms with Crippen molar-refractivity contribution in [2.24, 2.45) is 0 Å². The van der Waals surface area contributed by atoms with Crippen molar-refractivity contribution in [1.29, 1.82) is 0 Å². The number of benzene rings is 2. The van der Waals surface area contributed by atoms with E-state index in [0.29, 0.717) is 28.1 Å². The van der Waals surface area contributed by atoms with Crippen LogP contribution in [0.15, 0.2) is 53.7 Å². The molecule has 0 bridgehead atoms. The molecule has 0 fully saturated rings. The Morgan fingerprint density at radius 3 is 2.69 bits per heavy atom. The van der Waals surface area contributed by atoms with Crippen LogP contribution in [0.25, 0.3) is 5.69 Å². The highest BCUT2D eigenvalue weighted by Gasteiger charge is 2.19. The van der Waals surface area contributed by atoms with Gasteiger partial charge in [0.2, 0.25) is 17.0 Å². The number of carbonyl (C=O) groups excluding carboxylic acids is 2. The molecular formula is C19H19ClN6O2S. The zero-order valence-corrected chi connectivity index (χ0v) is 17.4. The Hall–Kier alpha value is -2.91. The topological polar surface area (TPSA) is 102 Å². The van der Waals surface area contributed by atoms with Gasteiger partial charge in [0, 0.05) is 24.2 Å². The van der Waals surface area contributed by atoms with E-state index < -0.39 is 5.25 Å². The fraction of sp³-hybridized carbons (Fsp3) is 0.211. The molecule has 150 valence electrons. The molecule has 2 amide bonds. The van der Waals surface area contributed by atoms with E-state index in [0.717, 1.165) is 5.56 Å². The first-order valence-corrected chi connectivity index (χ1v) is 10.0. The van der Waals surface area contributed by atoms with Crippen LogP contribution >= 0.6 is 23.4 Å². The summed E-state index contributed by atoms with van der Waals surface area (Å²) in [6.07, 6.45) is 0. The van der Waals surface area contributed by atoms with Crippen LogP contribution in [0.3, 0.4) is 0 Å². The molecule has 0 aliphatic heterocycles. The Bertz CT molecular complexity index is 1010. The maximum atomic E-state index is 12.4. The molecule has 1 aromatic heterocycles. The third-order valence-corrected chi connectivity index (χ3v) is 5.17. The zero-order chi connectivity index (χ0) is 20.8. The minimum atomic E-state index is -0.412. The molecule has 1 unspecified atom stereocenters. The minimum absolute atomic E-state index is 0.133. The van der Waals surface area contributed by atoms with Gasteiger partial charge in [0.05, 0.1) is 10.9 Å². The van der Waals surface area contributed by atoms with Gasteiger partial charge < -0.3 is 10.6 Å². The van der Waals surface area contributed by atoms with Crippen LogP contribution < -0.4 is 10.6 Å². The lowest BCUT2D eigenvalue weighted by Crippen LogP contribution is -2.30. The number of nitrogens with one attached hydrogen (secondary N) is 2. The summed E-state index contributed by atoms with van der Waals surface area (Å²) in [5.41, 5.74) is 2.27. The lowest BCUT2D eigenvalue weighted by molar-refractivity contribution is -0.120.